The molecule has 0 fully saturated rings. The first-order chi connectivity index (χ1) is 10.1. The highest BCUT2D eigenvalue weighted by Gasteiger charge is 2.09. The number of pyridine rings is 1. The molecule has 0 unspecified atom stereocenters. The highest BCUT2D eigenvalue weighted by molar-refractivity contribution is 5.76. The summed E-state index contributed by atoms with van der Waals surface area (Å²) in [6, 6.07) is 4.11. The molecule has 1 aromatic heterocycles. The van der Waals surface area contributed by atoms with Crippen molar-refractivity contribution in [1.29, 1.82) is 0 Å². The number of aryl methyl sites for hydroxylation is 1. The van der Waals surface area contributed by atoms with Gasteiger partial charge in [0.2, 0.25) is 5.91 Å². The van der Waals surface area contributed by atoms with Crippen molar-refractivity contribution in [3.63, 3.8) is 0 Å². The van der Waals surface area contributed by atoms with Crippen LogP contribution in [0.1, 0.15) is 45.6 Å². The van der Waals surface area contributed by atoms with Crippen molar-refractivity contribution in [3.8, 4) is 0 Å². The summed E-state index contributed by atoms with van der Waals surface area (Å²) in [5.74, 6) is 1.23. The Hall–Kier alpha value is -1.58. The molecule has 1 rings (SSSR count). The van der Waals surface area contributed by atoms with Crippen LogP contribution in [0.4, 0.5) is 5.82 Å². The molecule has 0 N–H and O–H groups in total. The fourth-order valence-corrected chi connectivity index (χ4v) is 2.30. The summed E-state index contributed by atoms with van der Waals surface area (Å²) in [7, 11) is 1.89. The van der Waals surface area contributed by atoms with Crippen molar-refractivity contribution in [3.05, 3.63) is 23.9 Å². The van der Waals surface area contributed by atoms with E-state index < -0.39 is 0 Å². The number of aromatic nitrogens is 1. The maximum Gasteiger partial charge on any atom is 0.222 e. The fraction of sp³-hybridized carbons (Fsp3) is 0.647. The van der Waals surface area contributed by atoms with Crippen molar-refractivity contribution < 1.29 is 4.79 Å². The highest BCUT2D eigenvalue weighted by Crippen LogP contribution is 2.14. The first-order valence-electron chi connectivity index (χ1n) is 8.06. The third-order valence-corrected chi connectivity index (χ3v) is 3.80. The number of carbonyl (C=O) groups excluding carboxylic acids is 1. The zero-order valence-corrected chi connectivity index (χ0v) is 13.9. The van der Waals surface area contributed by atoms with Crippen LogP contribution in [0.2, 0.25) is 0 Å². The lowest BCUT2D eigenvalue weighted by atomic mass is 10.1. The number of unbranched alkanes of at least 4 members (excludes halogenated alkanes) is 1. The minimum atomic E-state index is 0.227. The molecule has 1 amide bonds. The van der Waals surface area contributed by atoms with Crippen molar-refractivity contribution in [2.75, 3.05) is 31.6 Å². The third kappa shape index (κ3) is 5.74. The Bertz CT molecular complexity index is 430. The van der Waals surface area contributed by atoms with Crippen LogP contribution in [-0.2, 0) is 11.2 Å². The van der Waals surface area contributed by atoms with E-state index in [0.717, 1.165) is 44.7 Å². The molecule has 4 heteroatoms. The second-order valence-electron chi connectivity index (χ2n) is 5.36. The third-order valence-electron chi connectivity index (χ3n) is 3.80. The summed E-state index contributed by atoms with van der Waals surface area (Å²) in [6.45, 7) is 9.16. The molecule has 0 aliphatic rings. The van der Waals surface area contributed by atoms with Crippen LogP contribution in [0.5, 0.6) is 0 Å². The van der Waals surface area contributed by atoms with Gasteiger partial charge in [-0.3, -0.25) is 4.79 Å². The number of carbonyl (C=O) groups is 1. The van der Waals surface area contributed by atoms with Crippen molar-refractivity contribution in [1.82, 2.24) is 9.88 Å². The Morgan fingerprint density at radius 2 is 1.95 bits per heavy atom. The Kier molecular flexibility index (Phi) is 7.80. The molecule has 0 aliphatic carbocycles. The molecular weight excluding hydrogens is 262 g/mol. The van der Waals surface area contributed by atoms with Crippen molar-refractivity contribution in [2.24, 2.45) is 0 Å². The molecule has 4 nitrogen and oxygen atoms in total. The molecule has 1 heterocycles. The van der Waals surface area contributed by atoms with Crippen LogP contribution in [0, 0.1) is 0 Å². The van der Waals surface area contributed by atoms with Gasteiger partial charge in [0.15, 0.2) is 0 Å². The Morgan fingerprint density at radius 3 is 2.57 bits per heavy atom. The van der Waals surface area contributed by atoms with E-state index in [1.165, 1.54) is 5.56 Å². The molecule has 1 aromatic rings. The minimum Gasteiger partial charge on any atom is -0.357 e. The van der Waals surface area contributed by atoms with Gasteiger partial charge in [-0.15, -0.1) is 0 Å². The number of amides is 1. The van der Waals surface area contributed by atoms with Crippen LogP contribution in [-0.4, -0.2) is 42.5 Å². The fourth-order valence-electron chi connectivity index (χ4n) is 2.30. The number of hydrogen-bond acceptors (Lipinski definition) is 3. The van der Waals surface area contributed by atoms with Crippen LogP contribution in [0.25, 0.3) is 0 Å². The predicted octanol–water partition coefficient (Wildman–Crippen LogP) is 3.12. The summed E-state index contributed by atoms with van der Waals surface area (Å²) in [4.78, 5) is 20.5. The molecule has 0 spiro atoms. The number of hydrogen-bond donors (Lipinski definition) is 0. The maximum atomic E-state index is 12.1. The summed E-state index contributed by atoms with van der Waals surface area (Å²) in [5, 5.41) is 0. The second-order valence-corrected chi connectivity index (χ2v) is 5.36. The topological polar surface area (TPSA) is 36.4 Å². The Morgan fingerprint density at radius 1 is 1.24 bits per heavy atom. The van der Waals surface area contributed by atoms with E-state index in [1.54, 1.807) is 0 Å². The lowest BCUT2D eigenvalue weighted by Crippen LogP contribution is -2.27. The van der Waals surface area contributed by atoms with Crippen LogP contribution >= 0.6 is 0 Å². The van der Waals surface area contributed by atoms with E-state index >= 15 is 0 Å². The summed E-state index contributed by atoms with van der Waals surface area (Å²) in [6.07, 6.45) is 5.39. The summed E-state index contributed by atoms with van der Waals surface area (Å²) < 4.78 is 0. The SMILES string of the molecule is CCCCN(C)C(=O)CCc1ccnc(N(CC)CC)c1. The quantitative estimate of drug-likeness (QED) is 0.701. The van der Waals surface area contributed by atoms with Gasteiger partial charge in [0.05, 0.1) is 0 Å². The van der Waals surface area contributed by atoms with E-state index in [9.17, 15) is 4.79 Å². The molecule has 0 saturated heterocycles. The average molecular weight is 291 g/mol. The lowest BCUT2D eigenvalue weighted by Gasteiger charge is -2.20. The van der Waals surface area contributed by atoms with E-state index in [-0.39, 0.29) is 5.91 Å². The highest BCUT2D eigenvalue weighted by atomic mass is 16.2. The van der Waals surface area contributed by atoms with Crippen molar-refractivity contribution >= 4 is 11.7 Å². The Labute approximate surface area is 129 Å². The monoisotopic (exact) mass is 291 g/mol. The molecule has 0 radical (unpaired) electrons. The molecule has 0 bridgehead atoms. The number of anilines is 1. The first kappa shape index (κ1) is 17.5. The Balaban J connectivity index is 2.55. The van der Waals surface area contributed by atoms with Gasteiger partial charge in [-0.1, -0.05) is 13.3 Å². The van der Waals surface area contributed by atoms with Gasteiger partial charge in [0, 0.05) is 39.3 Å². The molecule has 0 saturated carbocycles. The molecule has 118 valence electrons. The van der Waals surface area contributed by atoms with Crippen LogP contribution in [0.3, 0.4) is 0 Å². The molecule has 0 atom stereocenters. The lowest BCUT2D eigenvalue weighted by molar-refractivity contribution is -0.129. The molecule has 0 aromatic carbocycles. The molecular formula is C17H29N3O. The van der Waals surface area contributed by atoms with E-state index in [4.69, 9.17) is 0 Å². The van der Waals surface area contributed by atoms with Gasteiger partial charge in [0.1, 0.15) is 5.82 Å². The maximum absolute atomic E-state index is 12.1. The largest absolute Gasteiger partial charge is 0.357 e. The molecule has 0 aliphatic heterocycles. The van der Waals surface area contributed by atoms with Crippen molar-refractivity contribution in [2.45, 2.75) is 46.5 Å². The van der Waals surface area contributed by atoms with Gasteiger partial charge in [-0.25, -0.2) is 4.98 Å². The minimum absolute atomic E-state index is 0.227. The van der Waals surface area contributed by atoms with E-state index in [0.29, 0.717) is 6.42 Å². The number of nitrogens with zero attached hydrogens (tertiary/aromatic N) is 3. The normalized spacial score (nSPS) is 10.5. The standard InChI is InChI=1S/C17H29N3O/c1-5-8-13-19(4)17(21)10-9-15-11-12-18-16(14-15)20(6-2)7-3/h11-12,14H,5-10,13H2,1-4H3. The van der Waals surface area contributed by atoms with Gasteiger partial charge in [-0.2, -0.15) is 0 Å². The predicted molar refractivity (Wildman–Crippen MR) is 88.7 cm³/mol. The van der Waals surface area contributed by atoms with Gasteiger partial charge < -0.3 is 9.80 Å². The van der Waals surface area contributed by atoms with E-state index in [2.05, 4.69) is 36.7 Å². The smallest absolute Gasteiger partial charge is 0.222 e. The average Bonchev–Trinajstić information content (AvgIpc) is 2.52. The number of rotatable bonds is 9. The van der Waals surface area contributed by atoms with Gasteiger partial charge >= 0.3 is 0 Å². The first-order valence-corrected chi connectivity index (χ1v) is 8.06. The van der Waals surface area contributed by atoms with Crippen LogP contribution in [0.15, 0.2) is 18.3 Å². The zero-order valence-electron chi connectivity index (χ0n) is 13.9. The zero-order chi connectivity index (χ0) is 15.7. The molecule has 21 heavy (non-hydrogen) atoms. The summed E-state index contributed by atoms with van der Waals surface area (Å²) in [5.41, 5.74) is 1.18. The van der Waals surface area contributed by atoms with Crippen LogP contribution < -0.4 is 4.90 Å². The van der Waals surface area contributed by atoms with Gasteiger partial charge in [0.25, 0.3) is 0 Å². The van der Waals surface area contributed by atoms with Gasteiger partial charge in [-0.05, 0) is 44.4 Å². The second kappa shape index (κ2) is 9.37. The summed E-state index contributed by atoms with van der Waals surface area (Å²) >= 11 is 0. The van der Waals surface area contributed by atoms with E-state index in [1.807, 2.05) is 24.2 Å².